The van der Waals surface area contributed by atoms with E-state index < -0.39 is 24.0 Å². The summed E-state index contributed by atoms with van der Waals surface area (Å²) in [6.07, 6.45) is 6.57. The topological polar surface area (TPSA) is 134 Å². The van der Waals surface area contributed by atoms with Crippen molar-refractivity contribution < 1.29 is 24.2 Å². The molecular formula is C27H46N4O5. The van der Waals surface area contributed by atoms with Crippen molar-refractivity contribution in [2.45, 2.75) is 83.6 Å². The Bertz CT molecular complexity index is 819. The standard InChI is InChI=1S/C24H38N4O5.C3H8/c1-3-24(12-5-7-14-28(2)17-24)18-9-8-10-19(15-18)33-23(32)26-13-6-4-11-20(22(30)31)27-21(29)16-25;1-3-2/h8-10,15,20H,3-7,11-14,16-17,25H2,1-2H3,(H,26,32)(H,27,29)(H,30,31);3H2,1-2H3/t20-,24?;/m0./s1. The van der Waals surface area contributed by atoms with Crippen LogP contribution in [0.2, 0.25) is 0 Å². The second-order valence-corrected chi connectivity index (χ2v) is 9.54. The van der Waals surface area contributed by atoms with Gasteiger partial charge in [-0.1, -0.05) is 45.7 Å². The molecule has 9 heteroatoms. The quantitative estimate of drug-likeness (QED) is 0.337. The number of carboxylic acids is 1. The maximum absolute atomic E-state index is 12.2. The molecule has 1 aromatic rings. The van der Waals surface area contributed by atoms with Gasteiger partial charge >= 0.3 is 12.1 Å². The second kappa shape index (κ2) is 16.9. The van der Waals surface area contributed by atoms with E-state index in [0.29, 0.717) is 25.1 Å². The Morgan fingerprint density at radius 3 is 2.56 bits per heavy atom. The number of unbranched alkanes of at least 4 members (excludes halogenated alkanes) is 1. The summed E-state index contributed by atoms with van der Waals surface area (Å²) in [4.78, 5) is 37.1. The Labute approximate surface area is 216 Å². The largest absolute Gasteiger partial charge is 0.480 e. The summed E-state index contributed by atoms with van der Waals surface area (Å²) in [5.41, 5.74) is 6.46. The fraction of sp³-hybridized carbons (Fsp3) is 0.667. The Morgan fingerprint density at radius 2 is 1.92 bits per heavy atom. The maximum Gasteiger partial charge on any atom is 0.412 e. The Morgan fingerprint density at radius 1 is 1.19 bits per heavy atom. The Hall–Kier alpha value is -2.65. The molecular weight excluding hydrogens is 460 g/mol. The summed E-state index contributed by atoms with van der Waals surface area (Å²) >= 11 is 0. The minimum Gasteiger partial charge on any atom is -0.480 e. The first kappa shape index (κ1) is 31.4. The number of hydrogen-bond acceptors (Lipinski definition) is 6. The number of likely N-dealkylation sites (tertiary alicyclic amines) is 1. The van der Waals surface area contributed by atoms with Crippen molar-refractivity contribution in [3.63, 3.8) is 0 Å². The number of rotatable bonds is 11. The number of carboxylic acid groups (broad SMARTS) is 1. The average molecular weight is 507 g/mol. The lowest BCUT2D eigenvalue weighted by atomic mass is 9.74. The minimum absolute atomic E-state index is 0.0566. The SMILES string of the molecule is CCC.CCC1(c2cccc(OC(=O)NCCCC[C@H](NC(=O)CN)C(=O)O)c2)CCCCN(C)C1. The maximum atomic E-state index is 12.2. The summed E-state index contributed by atoms with van der Waals surface area (Å²) < 4.78 is 5.50. The monoisotopic (exact) mass is 506 g/mol. The normalized spacial score (nSPS) is 18.7. The van der Waals surface area contributed by atoms with Crippen LogP contribution in [-0.2, 0) is 15.0 Å². The zero-order valence-corrected chi connectivity index (χ0v) is 22.5. The first-order valence-corrected chi connectivity index (χ1v) is 13.2. The highest BCUT2D eigenvalue weighted by molar-refractivity contribution is 5.84. The molecule has 0 aromatic heterocycles. The molecule has 0 aliphatic carbocycles. The third kappa shape index (κ3) is 11.0. The molecule has 1 fully saturated rings. The molecule has 0 spiro atoms. The molecule has 9 nitrogen and oxygen atoms in total. The van der Waals surface area contributed by atoms with Crippen molar-refractivity contribution in [3.05, 3.63) is 29.8 Å². The summed E-state index contributed by atoms with van der Waals surface area (Å²) in [5.74, 6) is -1.10. The number of likely N-dealkylation sites (N-methyl/N-ethyl adjacent to an activating group) is 1. The number of nitrogens with one attached hydrogen (secondary N) is 2. The number of amides is 2. The van der Waals surface area contributed by atoms with E-state index in [0.717, 1.165) is 25.9 Å². The number of nitrogens with zero attached hydrogens (tertiary/aromatic N) is 1. The fourth-order valence-electron chi connectivity index (χ4n) is 4.46. The minimum atomic E-state index is -1.10. The molecule has 1 aromatic carbocycles. The van der Waals surface area contributed by atoms with E-state index in [1.165, 1.54) is 24.8 Å². The van der Waals surface area contributed by atoms with Gasteiger partial charge in [0.25, 0.3) is 0 Å². The highest BCUT2D eigenvalue weighted by Crippen LogP contribution is 2.37. The van der Waals surface area contributed by atoms with Crippen LogP contribution in [0.1, 0.15) is 77.7 Å². The van der Waals surface area contributed by atoms with Crippen molar-refractivity contribution >= 4 is 18.0 Å². The summed E-state index contributed by atoms with van der Waals surface area (Å²) in [6, 6.07) is 6.83. The zero-order valence-electron chi connectivity index (χ0n) is 22.5. The van der Waals surface area contributed by atoms with Gasteiger partial charge in [-0.15, -0.1) is 0 Å². The van der Waals surface area contributed by atoms with Crippen LogP contribution in [0.25, 0.3) is 0 Å². The van der Waals surface area contributed by atoms with Gasteiger partial charge in [-0.2, -0.15) is 0 Å². The van der Waals surface area contributed by atoms with Crippen LogP contribution < -0.4 is 21.1 Å². The van der Waals surface area contributed by atoms with Gasteiger partial charge in [0, 0.05) is 18.5 Å². The fourth-order valence-corrected chi connectivity index (χ4v) is 4.46. The van der Waals surface area contributed by atoms with Gasteiger partial charge in [-0.25, -0.2) is 9.59 Å². The van der Waals surface area contributed by atoms with Gasteiger partial charge in [-0.3, -0.25) is 4.79 Å². The number of carbonyl (C=O) groups excluding carboxylic acids is 2. The molecule has 1 unspecified atom stereocenters. The van der Waals surface area contributed by atoms with Gasteiger partial charge in [0.05, 0.1) is 6.54 Å². The van der Waals surface area contributed by atoms with Gasteiger partial charge < -0.3 is 31.1 Å². The molecule has 1 saturated heterocycles. The van der Waals surface area contributed by atoms with Gasteiger partial charge in [0.1, 0.15) is 11.8 Å². The molecule has 1 aliphatic rings. The summed E-state index contributed by atoms with van der Waals surface area (Å²) in [7, 11) is 2.16. The highest BCUT2D eigenvalue weighted by atomic mass is 16.6. The number of carbonyl (C=O) groups is 3. The van der Waals surface area contributed by atoms with E-state index in [4.69, 9.17) is 15.6 Å². The number of benzene rings is 1. The predicted octanol–water partition coefficient (Wildman–Crippen LogP) is 3.65. The first-order valence-electron chi connectivity index (χ1n) is 13.2. The first-order chi connectivity index (χ1) is 17.2. The van der Waals surface area contributed by atoms with Crippen molar-refractivity contribution in [2.75, 3.05) is 33.2 Å². The average Bonchev–Trinajstić information content (AvgIpc) is 3.05. The predicted molar refractivity (Wildman–Crippen MR) is 142 cm³/mol. The number of ether oxygens (including phenoxy) is 1. The van der Waals surface area contributed by atoms with Gasteiger partial charge in [-0.05, 0) is 69.8 Å². The smallest absolute Gasteiger partial charge is 0.412 e. The molecule has 0 radical (unpaired) electrons. The molecule has 1 aliphatic heterocycles. The van der Waals surface area contributed by atoms with Crippen LogP contribution in [0.3, 0.4) is 0 Å². The Kier molecular flexibility index (Phi) is 14.7. The third-order valence-corrected chi connectivity index (χ3v) is 6.36. The zero-order chi connectivity index (χ0) is 27.0. The van der Waals surface area contributed by atoms with Crippen LogP contribution in [0, 0.1) is 0 Å². The summed E-state index contributed by atoms with van der Waals surface area (Å²) in [5, 5.41) is 14.2. The third-order valence-electron chi connectivity index (χ3n) is 6.36. The van der Waals surface area contributed by atoms with Gasteiger partial charge in [0.2, 0.25) is 5.91 Å². The Balaban J connectivity index is 0.00000205. The number of nitrogens with two attached hydrogens (primary N) is 1. The van der Waals surface area contributed by atoms with Crippen molar-refractivity contribution in [3.8, 4) is 5.75 Å². The van der Waals surface area contributed by atoms with Crippen molar-refractivity contribution in [1.29, 1.82) is 0 Å². The van der Waals surface area contributed by atoms with E-state index in [1.807, 2.05) is 12.1 Å². The van der Waals surface area contributed by atoms with Crippen molar-refractivity contribution in [1.82, 2.24) is 15.5 Å². The lowest BCUT2D eigenvalue weighted by molar-refractivity contribution is -0.141. The van der Waals surface area contributed by atoms with E-state index in [9.17, 15) is 14.4 Å². The van der Waals surface area contributed by atoms with E-state index >= 15 is 0 Å². The molecule has 36 heavy (non-hydrogen) atoms. The second-order valence-electron chi connectivity index (χ2n) is 9.54. The molecule has 5 N–H and O–H groups in total. The van der Waals surface area contributed by atoms with E-state index in [2.05, 4.69) is 49.4 Å². The van der Waals surface area contributed by atoms with E-state index in [1.54, 1.807) is 6.07 Å². The molecule has 0 bridgehead atoms. The lowest BCUT2D eigenvalue weighted by Gasteiger charge is -2.35. The number of hydrogen-bond donors (Lipinski definition) is 4. The molecule has 1 heterocycles. The van der Waals surface area contributed by atoms with Crippen LogP contribution in [0.4, 0.5) is 4.79 Å². The van der Waals surface area contributed by atoms with Gasteiger partial charge in [0.15, 0.2) is 0 Å². The lowest BCUT2D eigenvalue weighted by Crippen LogP contribution is -2.43. The molecule has 2 amide bonds. The number of aliphatic carboxylic acids is 1. The molecule has 0 saturated carbocycles. The van der Waals surface area contributed by atoms with Crippen molar-refractivity contribution in [2.24, 2.45) is 5.73 Å². The summed E-state index contributed by atoms with van der Waals surface area (Å²) in [6.45, 7) is 8.65. The van der Waals surface area contributed by atoms with E-state index in [-0.39, 0.29) is 18.4 Å². The molecule has 2 atom stereocenters. The molecule has 2 rings (SSSR count). The van der Waals surface area contributed by atoms with Crippen LogP contribution >= 0.6 is 0 Å². The highest BCUT2D eigenvalue weighted by Gasteiger charge is 2.33. The van der Waals surface area contributed by atoms with Crippen LogP contribution in [0.15, 0.2) is 24.3 Å². The van der Waals surface area contributed by atoms with Crippen LogP contribution in [-0.4, -0.2) is 67.2 Å². The molecule has 204 valence electrons. The van der Waals surface area contributed by atoms with Crippen LogP contribution in [0.5, 0.6) is 5.75 Å².